The van der Waals surface area contributed by atoms with Crippen molar-refractivity contribution in [3.8, 4) is 0 Å². The highest BCUT2D eigenvalue weighted by molar-refractivity contribution is 5.75. The van der Waals surface area contributed by atoms with Crippen LogP contribution in [0.15, 0.2) is 30.3 Å². The fourth-order valence-electron chi connectivity index (χ4n) is 2.97. The largest absolute Gasteiger partial charge is 0.480 e. The van der Waals surface area contributed by atoms with Gasteiger partial charge in [0.1, 0.15) is 6.04 Å². The molecule has 19 heavy (non-hydrogen) atoms. The van der Waals surface area contributed by atoms with Gasteiger partial charge in [0.25, 0.3) is 0 Å². The van der Waals surface area contributed by atoms with Crippen molar-refractivity contribution in [3.63, 3.8) is 0 Å². The van der Waals surface area contributed by atoms with Gasteiger partial charge in [-0.25, -0.2) is 0 Å². The topological polar surface area (TPSA) is 60.8 Å². The Labute approximate surface area is 113 Å². The lowest BCUT2D eigenvalue weighted by Crippen LogP contribution is -2.43. The quantitative estimate of drug-likeness (QED) is 0.853. The lowest BCUT2D eigenvalue weighted by molar-refractivity contribution is -0.144. The summed E-state index contributed by atoms with van der Waals surface area (Å²) in [6.45, 7) is 0.402. The molecular formula is C15H21NO3. The number of carbonyl (C=O) groups is 1. The predicted molar refractivity (Wildman–Crippen MR) is 72.9 cm³/mol. The van der Waals surface area contributed by atoms with Gasteiger partial charge in [0, 0.05) is 6.54 Å². The second kappa shape index (κ2) is 5.72. The molecule has 1 aliphatic rings. The van der Waals surface area contributed by atoms with Gasteiger partial charge < -0.3 is 10.2 Å². The zero-order valence-corrected chi connectivity index (χ0v) is 11.2. The van der Waals surface area contributed by atoms with Crippen LogP contribution in [-0.2, 0) is 4.79 Å². The van der Waals surface area contributed by atoms with E-state index in [0.717, 1.165) is 31.2 Å². The van der Waals surface area contributed by atoms with Crippen molar-refractivity contribution in [2.24, 2.45) is 0 Å². The molecule has 1 unspecified atom stereocenters. The lowest BCUT2D eigenvalue weighted by Gasteiger charge is -2.32. The Balaban J connectivity index is 2.13. The smallest absolute Gasteiger partial charge is 0.325 e. The van der Waals surface area contributed by atoms with Crippen LogP contribution in [0, 0.1) is 0 Å². The van der Waals surface area contributed by atoms with Crippen LogP contribution in [0.2, 0.25) is 0 Å². The minimum atomic E-state index is -0.879. The summed E-state index contributed by atoms with van der Waals surface area (Å²) in [6.07, 6.45) is 3.57. The van der Waals surface area contributed by atoms with Crippen LogP contribution < -0.4 is 0 Å². The third kappa shape index (κ3) is 3.33. The lowest BCUT2D eigenvalue weighted by atomic mass is 9.99. The van der Waals surface area contributed by atoms with Crippen molar-refractivity contribution in [1.82, 2.24) is 4.90 Å². The van der Waals surface area contributed by atoms with Gasteiger partial charge in [-0.3, -0.25) is 9.69 Å². The summed E-state index contributed by atoms with van der Waals surface area (Å²) in [6, 6.07) is 8.47. The van der Waals surface area contributed by atoms with Crippen molar-refractivity contribution >= 4 is 5.97 Å². The number of rotatable bonds is 5. The molecular weight excluding hydrogens is 242 g/mol. The molecule has 0 radical (unpaired) electrons. The van der Waals surface area contributed by atoms with Gasteiger partial charge in [0.2, 0.25) is 0 Å². The number of carboxylic acid groups (broad SMARTS) is 1. The molecule has 1 aromatic carbocycles. The molecule has 0 amide bonds. The number of benzene rings is 1. The van der Waals surface area contributed by atoms with Gasteiger partial charge >= 0.3 is 5.97 Å². The van der Waals surface area contributed by atoms with Crippen LogP contribution in [0.4, 0.5) is 0 Å². The molecule has 0 bridgehead atoms. The fraction of sp³-hybridized carbons (Fsp3) is 0.533. The van der Waals surface area contributed by atoms with E-state index in [0.29, 0.717) is 6.54 Å². The Hall–Kier alpha value is -1.39. The molecule has 0 aliphatic heterocycles. The SMILES string of the molecule is CN(CC1(O)CCCC1)C(C(=O)O)c1ccccc1. The van der Waals surface area contributed by atoms with E-state index in [-0.39, 0.29) is 0 Å². The monoisotopic (exact) mass is 263 g/mol. The van der Waals surface area contributed by atoms with Crippen LogP contribution >= 0.6 is 0 Å². The summed E-state index contributed by atoms with van der Waals surface area (Å²) >= 11 is 0. The highest BCUT2D eigenvalue weighted by Crippen LogP contribution is 2.32. The molecule has 0 heterocycles. The molecule has 2 rings (SSSR count). The van der Waals surface area contributed by atoms with Gasteiger partial charge in [-0.05, 0) is 25.5 Å². The number of aliphatic carboxylic acids is 1. The number of hydrogen-bond acceptors (Lipinski definition) is 3. The minimum Gasteiger partial charge on any atom is -0.480 e. The number of nitrogens with zero attached hydrogens (tertiary/aromatic N) is 1. The maximum atomic E-state index is 11.5. The van der Waals surface area contributed by atoms with Crippen LogP contribution in [0.5, 0.6) is 0 Å². The van der Waals surface area contributed by atoms with Crippen LogP contribution in [0.1, 0.15) is 37.3 Å². The number of carboxylic acids is 1. The number of likely N-dealkylation sites (N-methyl/N-ethyl adjacent to an activating group) is 1. The Kier molecular flexibility index (Phi) is 4.22. The molecule has 1 fully saturated rings. The molecule has 2 N–H and O–H groups in total. The van der Waals surface area contributed by atoms with Gasteiger partial charge in [-0.2, -0.15) is 0 Å². The van der Waals surface area contributed by atoms with Gasteiger partial charge in [0.05, 0.1) is 5.60 Å². The highest BCUT2D eigenvalue weighted by Gasteiger charge is 2.35. The summed E-state index contributed by atoms with van der Waals surface area (Å²) < 4.78 is 0. The zero-order valence-electron chi connectivity index (χ0n) is 11.2. The molecule has 104 valence electrons. The van der Waals surface area contributed by atoms with E-state index in [9.17, 15) is 15.0 Å². The molecule has 0 spiro atoms. The predicted octanol–water partition coefficient (Wildman–Crippen LogP) is 2.05. The molecule has 1 atom stereocenters. The van der Waals surface area contributed by atoms with E-state index in [1.807, 2.05) is 30.3 Å². The van der Waals surface area contributed by atoms with E-state index in [1.165, 1.54) is 0 Å². The zero-order chi connectivity index (χ0) is 13.9. The number of aliphatic hydroxyl groups is 1. The Morgan fingerprint density at radius 2 is 1.89 bits per heavy atom. The van der Waals surface area contributed by atoms with Crippen LogP contribution in [0.3, 0.4) is 0 Å². The molecule has 0 aromatic heterocycles. The Morgan fingerprint density at radius 1 is 1.32 bits per heavy atom. The Morgan fingerprint density at radius 3 is 2.42 bits per heavy atom. The summed E-state index contributed by atoms with van der Waals surface area (Å²) in [7, 11) is 1.77. The van der Waals surface area contributed by atoms with Gasteiger partial charge in [0.15, 0.2) is 0 Å². The summed E-state index contributed by atoms with van der Waals surface area (Å²) in [5, 5.41) is 19.8. The molecule has 1 aliphatic carbocycles. The van der Waals surface area contributed by atoms with Crippen molar-refractivity contribution in [3.05, 3.63) is 35.9 Å². The van der Waals surface area contributed by atoms with Crippen molar-refractivity contribution in [2.75, 3.05) is 13.6 Å². The van der Waals surface area contributed by atoms with Crippen LogP contribution in [0.25, 0.3) is 0 Å². The Bertz CT molecular complexity index is 426. The number of hydrogen-bond donors (Lipinski definition) is 2. The fourth-order valence-corrected chi connectivity index (χ4v) is 2.97. The minimum absolute atomic E-state index is 0.402. The van der Waals surface area contributed by atoms with E-state index < -0.39 is 17.6 Å². The summed E-state index contributed by atoms with van der Waals surface area (Å²) in [5.41, 5.74) is 0.0242. The van der Waals surface area contributed by atoms with Crippen molar-refractivity contribution < 1.29 is 15.0 Å². The maximum absolute atomic E-state index is 11.5. The standard InChI is InChI=1S/C15H21NO3/c1-16(11-15(19)9-5-6-10-15)13(14(17)18)12-7-3-2-4-8-12/h2-4,7-8,13,19H,5-6,9-11H2,1H3,(H,17,18). The average molecular weight is 263 g/mol. The summed E-state index contributed by atoms with van der Waals surface area (Å²) in [4.78, 5) is 13.2. The molecule has 4 heteroatoms. The maximum Gasteiger partial charge on any atom is 0.325 e. The van der Waals surface area contributed by atoms with E-state index in [2.05, 4.69) is 0 Å². The van der Waals surface area contributed by atoms with Crippen LogP contribution in [-0.4, -0.2) is 40.3 Å². The first-order chi connectivity index (χ1) is 9.02. The molecule has 0 saturated heterocycles. The van der Waals surface area contributed by atoms with Gasteiger partial charge in [-0.1, -0.05) is 43.2 Å². The third-order valence-electron chi connectivity index (χ3n) is 3.87. The second-order valence-electron chi connectivity index (χ2n) is 5.50. The first-order valence-electron chi connectivity index (χ1n) is 6.72. The van der Waals surface area contributed by atoms with E-state index in [4.69, 9.17) is 0 Å². The van der Waals surface area contributed by atoms with E-state index in [1.54, 1.807) is 11.9 Å². The second-order valence-corrected chi connectivity index (χ2v) is 5.50. The normalized spacial score (nSPS) is 19.5. The first kappa shape index (κ1) is 14.0. The molecule has 1 saturated carbocycles. The summed E-state index contributed by atoms with van der Waals surface area (Å²) in [5.74, 6) is -0.879. The first-order valence-corrected chi connectivity index (χ1v) is 6.72. The highest BCUT2D eigenvalue weighted by atomic mass is 16.4. The molecule has 1 aromatic rings. The molecule has 4 nitrogen and oxygen atoms in total. The third-order valence-corrected chi connectivity index (χ3v) is 3.87. The van der Waals surface area contributed by atoms with Crippen molar-refractivity contribution in [1.29, 1.82) is 0 Å². The van der Waals surface area contributed by atoms with E-state index >= 15 is 0 Å². The average Bonchev–Trinajstić information content (AvgIpc) is 2.76. The van der Waals surface area contributed by atoms with Crippen molar-refractivity contribution in [2.45, 2.75) is 37.3 Å². The van der Waals surface area contributed by atoms with Gasteiger partial charge in [-0.15, -0.1) is 0 Å².